The molecular formula is C21H36N2O11S. The van der Waals surface area contributed by atoms with Crippen LogP contribution in [-0.2, 0) is 28.5 Å². The van der Waals surface area contributed by atoms with Crippen molar-refractivity contribution in [3.63, 3.8) is 0 Å². The molecule has 0 saturated carbocycles. The molecule has 0 spiro atoms. The number of hydrogen-bond donors (Lipinski definition) is 7. The summed E-state index contributed by atoms with van der Waals surface area (Å²) in [7, 11) is 1.38. The third-order valence-corrected chi connectivity index (χ3v) is 6.57. The first-order valence-corrected chi connectivity index (χ1v) is 12.3. The number of methoxy groups -OCH3 is 1. The Bertz CT molecular complexity index is 713. The number of aliphatic hydroxyl groups excluding tert-OH is 5. The standard InChI is InChI=1S/C21H36N2O11S/c1-10(25)22-14-18(29)17(28)13(34-20(14)31-3)9-35-7-5-4-6-32-21-15(23-11(2)26)19(30)16(27)12(8-24)33-21/h4-5,12-21,24,27-30H,6-9H2,1-3H3,(H,22,25)(H,23,26)/b5-4+/t12-,13-,14-,15-,16-,17-,18-,19-,20-,21-/m1/s1. The van der Waals surface area contributed by atoms with E-state index < -0.39 is 73.8 Å². The lowest BCUT2D eigenvalue weighted by molar-refractivity contribution is -0.267. The van der Waals surface area contributed by atoms with E-state index in [0.717, 1.165) is 0 Å². The lowest BCUT2D eigenvalue weighted by Gasteiger charge is -2.42. The molecule has 0 aromatic heterocycles. The SMILES string of the molecule is CO[C@@H]1O[C@H](CSC/C=C/CO[C@@H]2O[C@H](CO)[C@@H](O)[C@H](O)[C@H]2NC(C)=O)[C@@H](O)[C@H](O)[C@H]1NC(C)=O. The Hall–Kier alpha value is -1.33. The summed E-state index contributed by atoms with van der Waals surface area (Å²) in [5.41, 5.74) is 0. The number of nitrogens with one attached hydrogen (secondary N) is 2. The van der Waals surface area contributed by atoms with Gasteiger partial charge in [-0.15, -0.1) is 0 Å². The molecule has 2 aliphatic rings. The van der Waals surface area contributed by atoms with Crippen LogP contribution in [0.3, 0.4) is 0 Å². The summed E-state index contributed by atoms with van der Waals surface area (Å²) in [6.07, 6.45) is -5.52. The van der Waals surface area contributed by atoms with Crippen LogP contribution in [0.5, 0.6) is 0 Å². The maximum Gasteiger partial charge on any atom is 0.217 e. The van der Waals surface area contributed by atoms with Gasteiger partial charge < -0.3 is 55.1 Å². The van der Waals surface area contributed by atoms with Crippen LogP contribution >= 0.6 is 11.8 Å². The van der Waals surface area contributed by atoms with Crippen LogP contribution in [0.15, 0.2) is 12.2 Å². The molecule has 10 atom stereocenters. The fraction of sp³-hybridized carbons (Fsp3) is 0.810. The number of rotatable bonds is 11. The summed E-state index contributed by atoms with van der Waals surface area (Å²) in [5, 5.41) is 55.3. The molecule has 0 bridgehead atoms. The van der Waals surface area contributed by atoms with Gasteiger partial charge >= 0.3 is 0 Å². The predicted molar refractivity (Wildman–Crippen MR) is 123 cm³/mol. The molecule has 13 nitrogen and oxygen atoms in total. The molecule has 0 aromatic carbocycles. The van der Waals surface area contributed by atoms with Crippen molar-refractivity contribution >= 4 is 23.6 Å². The van der Waals surface area contributed by atoms with Gasteiger partial charge in [-0.3, -0.25) is 9.59 Å². The summed E-state index contributed by atoms with van der Waals surface area (Å²) >= 11 is 1.42. The molecule has 0 aromatic rings. The largest absolute Gasteiger partial charge is 0.394 e. The summed E-state index contributed by atoms with van der Waals surface area (Å²) in [4.78, 5) is 22.8. The molecule has 2 saturated heterocycles. The highest BCUT2D eigenvalue weighted by molar-refractivity contribution is 7.99. The zero-order valence-corrected chi connectivity index (χ0v) is 20.7. The van der Waals surface area contributed by atoms with Gasteiger partial charge in [0, 0.05) is 32.5 Å². The summed E-state index contributed by atoms with van der Waals surface area (Å²) in [5.74, 6) is 0.0326. The van der Waals surface area contributed by atoms with E-state index in [9.17, 15) is 35.1 Å². The Balaban J connectivity index is 1.79. The van der Waals surface area contributed by atoms with E-state index in [2.05, 4.69) is 10.6 Å². The van der Waals surface area contributed by atoms with E-state index in [1.165, 1.54) is 32.7 Å². The highest BCUT2D eigenvalue weighted by Gasteiger charge is 2.46. The number of thioether (sulfide) groups is 1. The molecule has 0 aliphatic carbocycles. The second-order valence-electron chi connectivity index (χ2n) is 8.26. The van der Waals surface area contributed by atoms with Gasteiger partial charge in [0.15, 0.2) is 12.6 Å². The van der Waals surface area contributed by atoms with Crippen molar-refractivity contribution in [3.8, 4) is 0 Å². The van der Waals surface area contributed by atoms with Gasteiger partial charge in [0.2, 0.25) is 11.8 Å². The van der Waals surface area contributed by atoms with Gasteiger partial charge in [-0.2, -0.15) is 11.8 Å². The van der Waals surface area contributed by atoms with E-state index in [1.54, 1.807) is 12.2 Å². The van der Waals surface area contributed by atoms with Crippen LogP contribution < -0.4 is 10.6 Å². The van der Waals surface area contributed by atoms with Crippen molar-refractivity contribution < 1.29 is 54.1 Å². The lowest BCUT2D eigenvalue weighted by Crippen LogP contribution is -2.64. The molecule has 0 radical (unpaired) electrons. The van der Waals surface area contributed by atoms with Crippen LogP contribution in [-0.4, -0.2) is 130 Å². The summed E-state index contributed by atoms with van der Waals surface area (Å²) in [6.45, 7) is 2.08. The molecule has 2 aliphatic heterocycles. The van der Waals surface area contributed by atoms with Crippen molar-refractivity contribution in [2.75, 3.05) is 31.8 Å². The third-order valence-electron chi connectivity index (χ3n) is 5.57. The van der Waals surface area contributed by atoms with Gasteiger partial charge in [-0.05, 0) is 0 Å². The molecule has 14 heteroatoms. The topological polar surface area (TPSA) is 196 Å². The number of hydrogen-bond acceptors (Lipinski definition) is 12. The summed E-state index contributed by atoms with van der Waals surface area (Å²) in [6, 6.07) is -1.90. The van der Waals surface area contributed by atoms with Crippen molar-refractivity contribution in [1.82, 2.24) is 10.6 Å². The van der Waals surface area contributed by atoms with Crippen LogP contribution in [0.1, 0.15) is 13.8 Å². The zero-order valence-electron chi connectivity index (χ0n) is 19.9. The van der Waals surface area contributed by atoms with Crippen LogP contribution in [0.25, 0.3) is 0 Å². The number of amides is 2. The second kappa shape index (κ2) is 14.4. The summed E-state index contributed by atoms with van der Waals surface area (Å²) < 4.78 is 21.9. The van der Waals surface area contributed by atoms with E-state index in [-0.39, 0.29) is 12.5 Å². The number of ether oxygens (including phenoxy) is 4. The van der Waals surface area contributed by atoms with Crippen LogP contribution in [0.2, 0.25) is 0 Å². The minimum atomic E-state index is -1.38. The average molecular weight is 525 g/mol. The number of aliphatic hydroxyl groups is 5. The average Bonchev–Trinajstić information content (AvgIpc) is 2.81. The minimum absolute atomic E-state index is 0.0632. The second-order valence-corrected chi connectivity index (χ2v) is 9.34. The highest BCUT2D eigenvalue weighted by atomic mass is 32.2. The zero-order chi connectivity index (χ0) is 26.1. The van der Waals surface area contributed by atoms with Gasteiger partial charge in [-0.25, -0.2) is 0 Å². The van der Waals surface area contributed by atoms with Crippen molar-refractivity contribution in [2.24, 2.45) is 0 Å². The minimum Gasteiger partial charge on any atom is -0.394 e. The van der Waals surface area contributed by atoms with Gasteiger partial charge in [0.05, 0.1) is 19.3 Å². The van der Waals surface area contributed by atoms with Gasteiger partial charge in [0.1, 0.15) is 42.6 Å². The van der Waals surface area contributed by atoms with E-state index in [1.807, 2.05) is 0 Å². The van der Waals surface area contributed by atoms with Crippen molar-refractivity contribution in [1.29, 1.82) is 0 Å². The van der Waals surface area contributed by atoms with Crippen LogP contribution in [0, 0.1) is 0 Å². The smallest absolute Gasteiger partial charge is 0.217 e. The van der Waals surface area contributed by atoms with E-state index >= 15 is 0 Å². The molecule has 2 heterocycles. The predicted octanol–water partition coefficient (Wildman–Crippen LogP) is -3.17. The van der Waals surface area contributed by atoms with Gasteiger partial charge in [0.25, 0.3) is 0 Å². The highest BCUT2D eigenvalue weighted by Crippen LogP contribution is 2.25. The monoisotopic (exact) mass is 524 g/mol. The van der Waals surface area contributed by atoms with Crippen LogP contribution in [0.4, 0.5) is 0 Å². The maximum absolute atomic E-state index is 11.4. The maximum atomic E-state index is 11.4. The molecular weight excluding hydrogens is 488 g/mol. The molecule has 7 N–H and O–H groups in total. The molecule has 35 heavy (non-hydrogen) atoms. The van der Waals surface area contributed by atoms with E-state index in [0.29, 0.717) is 11.5 Å². The van der Waals surface area contributed by atoms with Crippen molar-refractivity contribution in [2.45, 2.75) is 75.1 Å². The molecule has 2 fully saturated rings. The number of carbonyl (C=O) groups excluding carboxylic acids is 2. The Morgan fingerprint density at radius 2 is 1.43 bits per heavy atom. The fourth-order valence-electron chi connectivity index (χ4n) is 3.81. The fourth-order valence-corrected chi connectivity index (χ4v) is 4.73. The first kappa shape index (κ1) is 29.9. The molecule has 202 valence electrons. The van der Waals surface area contributed by atoms with E-state index in [4.69, 9.17) is 18.9 Å². The lowest BCUT2D eigenvalue weighted by atomic mass is 9.97. The number of carbonyl (C=O) groups is 2. The molecule has 0 unspecified atom stereocenters. The Kier molecular flexibility index (Phi) is 12.3. The third kappa shape index (κ3) is 8.35. The Morgan fingerprint density at radius 1 is 0.886 bits per heavy atom. The molecule has 2 rings (SSSR count). The first-order chi connectivity index (χ1) is 16.6. The molecule has 2 amide bonds. The first-order valence-electron chi connectivity index (χ1n) is 11.2. The van der Waals surface area contributed by atoms with Crippen molar-refractivity contribution in [3.05, 3.63) is 12.2 Å². The van der Waals surface area contributed by atoms with Gasteiger partial charge in [-0.1, -0.05) is 12.2 Å². The Morgan fingerprint density at radius 3 is 1.97 bits per heavy atom. The normalized spacial score (nSPS) is 37.8. The quantitative estimate of drug-likeness (QED) is 0.106. The Labute approximate surface area is 207 Å².